The first-order valence-corrected chi connectivity index (χ1v) is 6.12. The molecule has 2 amide bonds. The zero-order valence-electron chi connectivity index (χ0n) is 10.5. The highest BCUT2D eigenvalue weighted by Crippen LogP contribution is 2.26. The van der Waals surface area contributed by atoms with Crippen LogP contribution < -0.4 is 16.4 Å². The molecule has 0 aliphatic carbocycles. The van der Waals surface area contributed by atoms with E-state index in [1.807, 2.05) is 30.3 Å². The number of carbonyl (C=O) groups is 1. The predicted molar refractivity (Wildman–Crippen MR) is 74.9 cm³/mol. The number of hydrogen-bond acceptors (Lipinski definition) is 3. The van der Waals surface area contributed by atoms with Gasteiger partial charge in [0.25, 0.3) is 0 Å². The molecule has 0 bridgehead atoms. The Balaban J connectivity index is 2.03. The molecular weight excluding hydrogens is 242 g/mol. The maximum Gasteiger partial charge on any atom is 0.312 e. The lowest BCUT2D eigenvalue weighted by Gasteiger charge is -2.10. The fourth-order valence-electron chi connectivity index (χ4n) is 2.00. The minimum atomic E-state index is -0.533. The van der Waals surface area contributed by atoms with Crippen molar-refractivity contribution < 1.29 is 9.90 Å². The van der Waals surface area contributed by atoms with Gasteiger partial charge in [0.05, 0.1) is 0 Å². The van der Waals surface area contributed by atoms with Crippen LogP contribution >= 0.6 is 0 Å². The summed E-state index contributed by atoms with van der Waals surface area (Å²) in [7, 11) is 0. The van der Waals surface area contributed by atoms with Gasteiger partial charge >= 0.3 is 6.03 Å². The number of phenolic OH excluding ortho intramolecular Hbond substituents is 1. The number of aromatic hydroxyl groups is 1. The summed E-state index contributed by atoms with van der Waals surface area (Å²) in [4.78, 5) is 10.5. The van der Waals surface area contributed by atoms with Gasteiger partial charge in [-0.15, -0.1) is 0 Å². The van der Waals surface area contributed by atoms with Crippen molar-refractivity contribution in [1.29, 1.82) is 0 Å². The summed E-state index contributed by atoms with van der Waals surface area (Å²) < 4.78 is 0. The Morgan fingerprint density at radius 2 is 1.95 bits per heavy atom. The Labute approximate surface area is 111 Å². The number of benzene rings is 2. The van der Waals surface area contributed by atoms with Gasteiger partial charge in [-0.25, -0.2) is 4.79 Å². The van der Waals surface area contributed by atoms with Crippen LogP contribution in [-0.4, -0.2) is 24.2 Å². The second kappa shape index (κ2) is 6.06. The number of rotatable bonds is 5. The van der Waals surface area contributed by atoms with E-state index in [9.17, 15) is 9.90 Å². The van der Waals surface area contributed by atoms with Crippen LogP contribution in [0.3, 0.4) is 0 Å². The van der Waals surface area contributed by atoms with E-state index in [0.29, 0.717) is 19.6 Å². The molecule has 5 N–H and O–H groups in total. The molecule has 100 valence electrons. The van der Waals surface area contributed by atoms with E-state index in [1.54, 1.807) is 6.07 Å². The van der Waals surface area contributed by atoms with E-state index < -0.39 is 6.03 Å². The monoisotopic (exact) mass is 259 g/mol. The highest BCUT2D eigenvalue weighted by molar-refractivity contribution is 5.87. The number of hydrogen-bond donors (Lipinski definition) is 4. The first-order chi connectivity index (χ1) is 9.18. The third-order valence-electron chi connectivity index (χ3n) is 2.92. The van der Waals surface area contributed by atoms with E-state index in [4.69, 9.17) is 5.73 Å². The van der Waals surface area contributed by atoms with Crippen LogP contribution in [-0.2, 0) is 6.54 Å². The number of nitrogens with one attached hydrogen (secondary N) is 2. The number of carbonyl (C=O) groups excluding carboxylic acids is 1. The molecule has 2 aromatic rings. The van der Waals surface area contributed by atoms with Gasteiger partial charge in [-0.3, -0.25) is 0 Å². The Morgan fingerprint density at radius 3 is 2.74 bits per heavy atom. The van der Waals surface area contributed by atoms with Crippen LogP contribution in [0.1, 0.15) is 5.56 Å². The number of amides is 2. The molecule has 2 aromatic carbocycles. The normalized spacial score (nSPS) is 10.5. The molecule has 0 radical (unpaired) electrons. The number of phenols is 1. The quantitative estimate of drug-likeness (QED) is 0.610. The Kier molecular flexibility index (Phi) is 4.20. The summed E-state index contributed by atoms with van der Waals surface area (Å²) in [6.45, 7) is 1.58. The van der Waals surface area contributed by atoms with Crippen molar-refractivity contribution in [3.05, 3.63) is 42.0 Å². The zero-order valence-corrected chi connectivity index (χ0v) is 10.5. The first-order valence-electron chi connectivity index (χ1n) is 6.12. The molecule has 0 saturated carbocycles. The van der Waals surface area contributed by atoms with Crippen molar-refractivity contribution in [3.8, 4) is 5.75 Å². The molecule has 0 spiro atoms. The van der Waals surface area contributed by atoms with E-state index >= 15 is 0 Å². The fraction of sp³-hybridized carbons (Fsp3) is 0.214. The largest absolute Gasteiger partial charge is 0.508 e. The standard InChI is InChI=1S/C14H17N3O2/c15-14(19)17-8-7-16-9-12-11-4-2-1-3-10(11)5-6-13(12)18/h1-6,16,18H,7-9H2,(H3,15,17,19). The molecule has 19 heavy (non-hydrogen) atoms. The van der Waals surface area contributed by atoms with Gasteiger partial charge in [0.15, 0.2) is 0 Å². The number of fused-ring (bicyclic) bond motifs is 1. The smallest absolute Gasteiger partial charge is 0.312 e. The minimum Gasteiger partial charge on any atom is -0.508 e. The van der Waals surface area contributed by atoms with Gasteiger partial charge in [0, 0.05) is 25.2 Å². The number of primary amides is 1. The molecule has 0 saturated heterocycles. The molecule has 0 aliphatic heterocycles. The van der Waals surface area contributed by atoms with Crippen LogP contribution in [0.25, 0.3) is 10.8 Å². The Bertz CT molecular complexity index is 584. The summed E-state index contributed by atoms with van der Waals surface area (Å²) in [5.41, 5.74) is 5.82. The lowest BCUT2D eigenvalue weighted by Crippen LogP contribution is -2.35. The van der Waals surface area contributed by atoms with E-state index in [1.165, 1.54) is 0 Å². The molecule has 5 heteroatoms. The Hall–Kier alpha value is -2.27. The number of urea groups is 1. The van der Waals surface area contributed by atoms with Crippen molar-refractivity contribution in [2.75, 3.05) is 13.1 Å². The van der Waals surface area contributed by atoms with Crippen molar-refractivity contribution in [3.63, 3.8) is 0 Å². The van der Waals surface area contributed by atoms with E-state index in [0.717, 1.165) is 16.3 Å². The van der Waals surface area contributed by atoms with Crippen LogP contribution in [0, 0.1) is 0 Å². The maximum atomic E-state index is 10.5. The van der Waals surface area contributed by atoms with Crippen molar-refractivity contribution >= 4 is 16.8 Å². The molecule has 0 heterocycles. The lowest BCUT2D eigenvalue weighted by atomic mass is 10.0. The van der Waals surface area contributed by atoms with Crippen LogP contribution in [0.2, 0.25) is 0 Å². The van der Waals surface area contributed by atoms with Crippen LogP contribution in [0.5, 0.6) is 5.75 Å². The van der Waals surface area contributed by atoms with Crippen LogP contribution in [0.15, 0.2) is 36.4 Å². The summed E-state index contributed by atoms with van der Waals surface area (Å²) in [6.07, 6.45) is 0. The topological polar surface area (TPSA) is 87.4 Å². The van der Waals surface area contributed by atoms with Gasteiger partial charge in [0.2, 0.25) is 0 Å². The zero-order chi connectivity index (χ0) is 13.7. The molecule has 0 fully saturated rings. The summed E-state index contributed by atoms with van der Waals surface area (Å²) in [5.74, 6) is 0.272. The molecular formula is C14H17N3O2. The summed E-state index contributed by atoms with van der Waals surface area (Å²) >= 11 is 0. The SMILES string of the molecule is NC(=O)NCCNCc1c(O)ccc2ccccc12. The molecule has 2 rings (SSSR count). The van der Waals surface area contributed by atoms with Crippen molar-refractivity contribution in [2.24, 2.45) is 5.73 Å². The van der Waals surface area contributed by atoms with Gasteiger partial charge in [-0.1, -0.05) is 30.3 Å². The second-order valence-electron chi connectivity index (χ2n) is 4.25. The average Bonchev–Trinajstić information content (AvgIpc) is 2.40. The third kappa shape index (κ3) is 3.35. The lowest BCUT2D eigenvalue weighted by molar-refractivity contribution is 0.249. The van der Waals surface area contributed by atoms with Crippen molar-refractivity contribution in [1.82, 2.24) is 10.6 Å². The molecule has 5 nitrogen and oxygen atoms in total. The van der Waals surface area contributed by atoms with Gasteiger partial charge in [-0.2, -0.15) is 0 Å². The minimum absolute atomic E-state index is 0.272. The van der Waals surface area contributed by atoms with E-state index in [2.05, 4.69) is 10.6 Å². The maximum absolute atomic E-state index is 10.5. The van der Waals surface area contributed by atoms with Crippen LogP contribution in [0.4, 0.5) is 4.79 Å². The second-order valence-corrected chi connectivity index (χ2v) is 4.25. The average molecular weight is 259 g/mol. The third-order valence-corrected chi connectivity index (χ3v) is 2.92. The van der Waals surface area contributed by atoms with Gasteiger partial charge in [-0.05, 0) is 16.8 Å². The predicted octanol–water partition coefficient (Wildman–Crippen LogP) is 1.30. The molecule has 0 atom stereocenters. The molecule has 0 unspecified atom stereocenters. The molecule has 0 aromatic heterocycles. The van der Waals surface area contributed by atoms with Gasteiger partial charge < -0.3 is 21.5 Å². The first kappa shape index (κ1) is 13.2. The highest BCUT2D eigenvalue weighted by Gasteiger charge is 2.05. The molecule has 0 aliphatic rings. The van der Waals surface area contributed by atoms with Crippen molar-refractivity contribution in [2.45, 2.75) is 6.54 Å². The highest BCUT2D eigenvalue weighted by atomic mass is 16.3. The Morgan fingerprint density at radius 1 is 1.16 bits per heavy atom. The number of nitrogens with two attached hydrogens (primary N) is 1. The fourth-order valence-corrected chi connectivity index (χ4v) is 2.00. The summed E-state index contributed by atoms with van der Waals surface area (Å²) in [5, 5.41) is 17.7. The van der Waals surface area contributed by atoms with Gasteiger partial charge in [0.1, 0.15) is 5.75 Å². The van der Waals surface area contributed by atoms with E-state index in [-0.39, 0.29) is 5.75 Å². The summed E-state index contributed by atoms with van der Waals surface area (Å²) in [6, 6.07) is 11.0.